The van der Waals surface area contributed by atoms with Gasteiger partial charge in [-0.05, 0) is 153 Å². The number of benzene rings is 4. The Morgan fingerprint density at radius 2 is 1.59 bits per heavy atom. The number of unbranched alkanes of at least 4 members (excludes halogenated alkanes) is 5. The number of nitrogen functional groups attached to an aromatic ring is 1. The van der Waals surface area contributed by atoms with Crippen LogP contribution in [-0.4, -0.2) is 117 Å². The van der Waals surface area contributed by atoms with Gasteiger partial charge in [0.1, 0.15) is 46.1 Å². The largest absolute Gasteiger partial charge is 0.493 e. The lowest BCUT2D eigenvalue weighted by molar-refractivity contribution is -0.121. The molecule has 3 fully saturated rings. The molecule has 19 heteroatoms. The molecule has 2 aliphatic carbocycles. The molecule has 1 saturated carbocycles. The number of hydrogen-bond acceptors (Lipinski definition) is 11. The second-order valence-corrected chi connectivity index (χ2v) is 26.2. The minimum Gasteiger partial charge on any atom is -0.493 e. The Balaban J connectivity index is 0.637. The number of amidine groups is 1. The number of carbonyl (C=O) groups excluding carboxylic acids is 3. The van der Waals surface area contributed by atoms with E-state index in [1.165, 1.54) is 12.1 Å². The second-order valence-electron chi connectivity index (χ2n) is 25.4. The van der Waals surface area contributed by atoms with Crippen molar-refractivity contribution in [1.82, 2.24) is 39.7 Å². The molecule has 2 bridgehead atoms. The van der Waals surface area contributed by atoms with Gasteiger partial charge in [-0.1, -0.05) is 93.9 Å². The van der Waals surface area contributed by atoms with Gasteiger partial charge in [0.05, 0.1) is 42.7 Å². The highest BCUT2D eigenvalue weighted by Gasteiger charge is 2.71. The summed E-state index contributed by atoms with van der Waals surface area (Å²) in [6, 6.07) is 28.4. The van der Waals surface area contributed by atoms with Crippen LogP contribution in [0.2, 0.25) is 10.0 Å². The maximum atomic E-state index is 15.5. The molecule has 2 saturated heterocycles. The lowest BCUT2D eigenvalue weighted by Crippen LogP contribution is -2.66. The van der Waals surface area contributed by atoms with Crippen LogP contribution in [0.1, 0.15) is 166 Å². The molecule has 16 nitrogen and oxygen atoms in total. The first-order valence-corrected chi connectivity index (χ1v) is 31.8. The fourth-order valence-electron chi connectivity index (χ4n) is 14.1. The van der Waals surface area contributed by atoms with Gasteiger partial charge < -0.3 is 30.5 Å². The Kier molecular flexibility index (Phi) is 16.6. The average molecular weight is 1220 g/mol. The van der Waals surface area contributed by atoms with Crippen LogP contribution >= 0.6 is 23.2 Å². The van der Waals surface area contributed by atoms with E-state index in [1.54, 1.807) is 16.9 Å². The van der Waals surface area contributed by atoms with Crippen LogP contribution < -0.4 is 20.7 Å². The summed E-state index contributed by atoms with van der Waals surface area (Å²) < 4.78 is 23.0. The number of halogens is 3. The quantitative estimate of drug-likeness (QED) is 0.0834. The van der Waals surface area contributed by atoms with E-state index < -0.39 is 16.9 Å². The highest BCUT2D eigenvalue weighted by atomic mass is 35.5. The number of ether oxygens (including phenoxy) is 1. The van der Waals surface area contributed by atoms with Crippen molar-refractivity contribution in [2.45, 2.75) is 147 Å². The van der Waals surface area contributed by atoms with Gasteiger partial charge in [-0.15, -0.1) is 0 Å². The molecule has 0 unspecified atom stereocenters. The number of amides is 4. The molecule has 12 rings (SSSR count). The summed E-state index contributed by atoms with van der Waals surface area (Å²) in [5.41, 5.74) is 13.2. The molecule has 4 amide bonds. The number of pyridine rings is 1. The number of aromatic nitrogens is 3. The first-order valence-electron chi connectivity index (χ1n) is 31.1. The van der Waals surface area contributed by atoms with Crippen LogP contribution in [0.25, 0.3) is 11.1 Å². The Labute approximate surface area is 519 Å². The predicted molar refractivity (Wildman–Crippen MR) is 338 cm³/mol. The van der Waals surface area contributed by atoms with Gasteiger partial charge in [0, 0.05) is 84.7 Å². The summed E-state index contributed by atoms with van der Waals surface area (Å²) in [4.78, 5) is 63.8. The Bertz CT molecular complexity index is 3720. The van der Waals surface area contributed by atoms with Crippen LogP contribution in [0.3, 0.4) is 0 Å². The molecule has 0 radical (unpaired) electrons. The number of nitrogens with one attached hydrogen (secondary N) is 1. The van der Waals surface area contributed by atoms with E-state index in [2.05, 4.69) is 72.1 Å². The lowest BCUT2D eigenvalue weighted by atomic mass is 9.54. The van der Waals surface area contributed by atoms with Crippen molar-refractivity contribution in [3.8, 4) is 22.9 Å². The van der Waals surface area contributed by atoms with Gasteiger partial charge in [0.25, 0.3) is 5.91 Å². The number of anilines is 2. The van der Waals surface area contributed by atoms with E-state index in [1.807, 2.05) is 70.2 Å². The molecule has 6 aromatic rings. The van der Waals surface area contributed by atoms with Gasteiger partial charge in [-0.3, -0.25) is 24.1 Å². The van der Waals surface area contributed by atoms with Crippen molar-refractivity contribution in [3.05, 3.63) is 157 Å². The number of rotatable bonds is 17. The number of urea groups is 1. The number of piperazine rings is 1. The summed E-state index contributed by atoms with van der Waals surface area (Å²) in [6.07, 6.45) is 11.2. The first kappa shape index (κ1) is 59.8. The van der Waals surface area contributed by atoms with Crippen molar-refractivity contribution in [3.63, 3.8) is 0 Å². The Morgan fingerprint density at radius 1 is 0.851 bits per heavy atom. The fourth-order valence-corrected chi connectivity index (χ4v) is 14.4. The molecule has 4 aliphatic heterocycles. The minimum atomic E-state index is -0.956. The molecular weight excluding hydrogens is 1140 g/mol. The summed E-state index contributed by atoms with van der Waals surface area (Å²) in [5.74, 6) is 0.914. The highest BCUT2D eigenvalue weighted by molar-refractivity contribution is 6.31. The minimum absolute atomic E-state index is 0.00258. The number of nitriles is 1. The summed E-state index contributed by atoms with van der Waals surface area (Å²) in [7, 11) is 0. The van der Waals surface area contributed by atoms with E-state index >= 15 is 4.79 Å². The van der Waals surface area contributed by atoms with E-state index in [4.69, 9.17) is 43.8 Å². The predicted octanol–water partition coefficient (Wildman–Crippen LogP) is 12.5. The first-order chi connectivity index (χ1) is 41.9. The van der Waals surface area contributed by atoms with Crippen LogP contribution in [0, 0.1) is 17.1 Å². The third-order valence-corrected chi connectivity index (χ3v) is 19.3. The van der Waals surface area contributed by atoms with Crippen molar-refractivity contribution < 1.29 is 23.5 Å². The number of nitrogens with two attached hydrogens (primary N) is 1. The Hall–Kier alpha value is -7.52. The van der Waals surface area contributed by atoms with E-state index in [0.29, 0.717) is 99.4 Å². The summed E-state index contributed by atoms with van der Waals surface area (Å²) in [6.45, 7) is 16.0. The van der Waals surface area contributed by atoms with Crippen LogP contribution in [0.5, 0.6) is 5.75 Å². The molecule has 454 valence electrons. The molecule has 3 atom stereocenters. The summed E-state index contributed by atoms with van der Waals surface area (Å²) >= 11 is 13.2. The smallest absolute Gasteiger partial charge is 0.326 e. The number of aliphatic imine (C=N–C) groups is 1. The lowest BCUT2D eigenvalue weighted by Gasteiger charge is -2.56. The zero-order chi connectivity index (χ0) is 60.9. The molecule has 3 N–H and O–H groups in total. The second kappa shape index (κ2) is 24.2. The van der Waals surface area contributed by atoms with E-state index in [-0.39, 0.29) is 55.0 Å². The third kappa shape index (κ3) is 11.1. The van der Waals surface area contributed by atoms with Gasteiger partial charge in [-0.25, -0.2) is 19.2 Å². The zero-order valence-corrected chi connectivity index (χ0v) is 52.0. The molecule has 87 heavy (non-hydrogen) atoms. The number of nitrogens with zero attached hydrogens (tertiary/aromatic N) is 10. The maximum Gasteiger partial charge on any atom is 0.326 e. The van der Waals surface area contributed by atoms with Crippen molar-refractivity contribution in [2.24, 2.45) is 4.99 Å². The van der Waals surface area contributed by atoms with Crippen molar-refractivity contribution in [2.75, 3.05) is 63.1 Å². The monoisotopic (exact) mass is 1210 g/mol. The molecule has 6 heterocycles. The van der Waals surface area contributed by atoms with E-state index in [0.717, 1.165) is 112 Å². The molecule has 0 spiro atoms. The van der Waals surface area contributed by atoms with Crippen LogP contribution in [-0.2, 0) is 34.4 Å². The normalized spacial score (nSPS) is 20.7. The third-order valence-electron chi connectivity index (χ3n) is 18.8. The molecule has 2 aromatic heterocycles. The van der Waals surface area contributed by atoms with E-state index in [9.17, 15) is 19.2 Å². The average Bonchev–Trinajstić information content (AvgIpc) is 1.56. The number of hydrogen-bond donors (Lipinski definition) is 2. The number of carbonyl (C=O) groups is 3. The maximum absolute atomic E-state index is 15.5. The molecular formula is C68H77Cl2FN12O4. The van der Waals surface area contributed by atoms with Crippen molar-refractivity contribution in [1.29, 1.82) is 5.26 Å². The topological polar surface area (TPSA) is 182 Å². The molecule has 6 aliphatic rings. The van der Waals surface area contributed by atoms with Gasteiger partial charge >= 0.3 is 6.03 Å². The molecule has 4 aromatic carbocycles. The van der Waals surface area contributed by atoms with Crippen LogP contribution in [0.15, 0.2) is 96.1 Å². The zero-order valence-electron chi connectivity index (χ0n) is 50.5. The fraction of sp³-hybridized carbons (Fsp3) is 0.456. The number of fused-ring (bicyclic) bond motifs is 12. The van der Waals surface area contributed by atoms with Gasteiger partial charge in [0.2, 0.25) is 5.91 Å². The van der Waals surface area contributed by atoms with Gasteiger partial charge in [0.15, 0.2) is 0 Å². The van der Waals surface area contributed by atoms with Gasteiger partial charge in [-0.2, -0.15) is 10.4 Å². The summed E-state index contributed by atoms with van der Waals surface area (Å²) in [5, 5.41) is 19.9. The Morgan fingerprint density at radius 3 is 2.32 bits per heavy atom. The van der Waals surface area contributed by atoms with Crippen molar-refractivity contribution >= 4 is 58.4 Å². The van der Waals surface area contributed by atoms with Crippen LogP contribution in [0.4, 0.5) is 20.7 Å². The standard InChI is InChI=1S/C68H77Cl2FN12O4/c1-6-87-59-37-45(66(2,3)4)18-25-51(59)63-76-68(44-16-19-46(69)20-17-44)54-38-47(70)21-27-53(54)67(68,5)83(63)65(86)79-34-32-78(33-35-79)29-12-10-8-7-9-11-15-60(84)74-28-31-82-58(40-72)61-43-36-57(62(73)75-41-43)80-30-13-14-56(80)52-39-48(71)22-26-50(52)64(85)81(49-23-24-49)42-55(61)77-82/h16-22,25-27,36-39,41,49,56H,6-15,23-24,28-35,42H2,1-5H3,(H2,73,75)(H,74,84)/t56-,67-,68-/m1/s1. The SMILES string of the molecule is CCOc1cc(C(C)(C)C)ccc1C1=N[C@]2(c3ccc(Cl)cc3)c3cc(Cl)ccc3[C@@]2(C)N1C(=O)N1CCN(CCCCCCCCC(=O)NCCn2nc3c(c2C#N)-c2cnc(N)c(c2)N2CCC[C@@H]2c2cc(F)ccc2C(=O)N(C2CC2)C3)CC1. The highest BCUT2D eigenvalue weighted by Crippen LogP contribution is 2.66.